The van der Waals surface area contributed by atoms with Crippen LogP contribution in [0.3, 0.4) is 0 Å². The fourth-order valence-electron chi connectivity index (χ4n) is 2.25. The van der Waals surface area contributed by atoms with Crippen molar-refractivity contribution in [3.8, 4) is 5.75 Å². The van der Waals surface area contributed by atoms with Gasteiger partial charge in [-0.25, -0.2) is 0 Å². The van der Waals surface area contributed by atoms with E-state index in [0.717, 1.165) is 42.8 Å². The zero-order valence-electron chi connectivity index (χ0n) is 11.7. The second-order valence-electron chi connectivity index (χ2n) is 4.93. The third kappa shape index (κ3) is 2.89. The SMILES string of the molecule is CCCCN1C(=O)COc2ccc(C(N)CC)cc21. The second kappa shape index (κ2) is 6.06. The van der Waals surface area contributed by atoms with E-state index in [1.165, 1.54) is 0 Å². The molecule has 1 unspecified atom stereocenters. The molecule has 0 fully saturated rings. The minimum Gasteiger partial charge on any atom is -0.482 e. The molecule has 0 radical (unpaired) electrons. The van der Waals surface area contributed by atoms with E-state index in [0.29, 0.717) is 0 Å². The van der Waals surface area contributed by atoms with Gasteiger partial charge in [0, 0.05) is 12.6 Å². The highest BCUT2D eigenvalue weighted by atomic mass is 16.5. The van der Waals surface area contributed by atoms with Crippen LogP contribution in [0.5, 0.6) is 5.75 Å². The number of unbranched alkanes of at least 4 members (excludes halogenated alkanes) is 1. The fraction of sp³-hybridized carbons (Fsp3) is 0.533. The summed E-state index contributed by atoms with van der Waals surface area (Å²) in [6.07, 6.45) is 2.94. The molecular weight excluding hydrogens is 240 g/mol. The summed E-state index contributed by atoms with van der Waals surface area (Å²) >= 11 is 0. The van der Waals surface area contributed by atoms with E-state index in [1.54, 1.807) is 0 Å². The maximum absolute atomic E-state index is 12.0. The van der Waals surface area contributed by atoms with Crippen LogP contribution < -0.4 is 15.4 Å². The molecule has 1 heterocycles. The van der Waals surface area contributed by atoms with Gasteiger partial charge in [-0.2, -0.15) is 0 Å². The number of nitrogens with zero attached hydrogens (tertiary/aromatic N) is 1. The van der Waals surface area contributed by atoms with E-state index in [9.17, 15) is 4.79 Å². The Labute approximate surface area is 114 Å². The fourth-order valence-corrected chi connectivity index (χ4v) is 2.25. The van der Waals surface area contributed by atoms with Crippen LogP contribution in [-0.4, -0.2) is 19.1 Å². The number of hydrogen-bond acceptors (Lipinski definition) is 3. The maximum atomic E-state index is 12.0. The van der Waals surface area contributed by atoms with E-state index in [2.05, 4.69) is 13.8 Å². The average Bonchev–Trinajstić information content (AvgIpc) is 2.45. The van der Waals surface area contributed by atoms with Crippen molar-refractivity contribution in [1.82, 2.24) is 0 Å². The van der Waals surface area contributed by atoms with Gasteiger partial charge in [-0.15, -0.1) is 0 Å². The Kier molecular flexibility index (Phi) is 4.43. The molecule has 1 aromatic rings. The molecule has 0 aliphatic carbocycles. The molecule has 1 aliphatic heterocycles. The van der Waals surface area contributed by atoms with Crippen molar-refractivity contribution >= 4 is 11.6 Å². The molecular formula is C15H22N2O2. The predicted molar refractivity (Wildman–Crippen MR) is 76.4 cm³/mol. The molecule has 2 N–H and O–H groups in total. The highest BCUT2D eigenvalue weighted by Gasteiger charge is 2.25. The quantitative estimate of drug-likeness (QED) is 0.887. The maximum Gasteiger partial charge on any atom is 0.265 e. The number of anilines is 1. The molecule has 0 saturated carbocycles. The summed E-state index contributed by atoms with van der Waals surface area (Å²) in [7, 11) is 0. The summed E-state index contributed by atoms with van der Waals surface area (Å²) in [5, 5.41) is 0. The Bertz CT molecular complexity index is 459. The number of nitrogens with two attached hydrogens (primary N) is 1. The number of rotatable bonds is 5. The lowest BCUT2D eigenvalue weighted by molar-refractivity contribution is -0.121. The molecule has 0 bridgehead atoms. The lowest BCUT2D eigenvalue weighted by atomic mass is 10.0. The van der Waals surface area contributed by atoms with Crippen molar-refractivity contribution in [2.45, 2.75) is 39.2 Å². The van der Waals surface area contributed by atoms with Gasteiger partial charge in [0.2, 0.25) is 0 Å². The van der Waals surface area contributed by atoms with Crippen molar-refractivity contribution in [2.24, 2.45) is 5.73 Å². The van der Waals surface area contributed by atoms with E-state index >= 15 is 0 Å². The number of ether oxygens (including phenoxy) is 1. The predicted octanol–water partition coefficient (Wildman–Crippen LogP) is 2.62. The molecule has 1 aliphatic rings. The summed E-state index contributed by atoms with van der Waals surface area (Å²) in [5.41, 5.74) is 7.99. The Balaban J connectivity index is 2.32. The molecule has 19 heavy (non-hydrogen) atoms. The first kappa shape index (κ1) is 13.9. The van der Waals surface area contributed by atoms with Crippen LogP contribution in [-0.2, 0) is 4.79 Å². The van der Waals surface area contributed by atoms with Crippen LogP contribution in [0.4, 0.5) is 5.69 Å². The van der Waals surface area contributed by atoms with Crippen LogP contribution >= 0.6 is 0 Å². The number of amides is 1. The first-order valence-corrected chi connectivity index (χ1v) is 7.00. The molecule has 4 nitrogen and oxygen atoms in total. The number of benzene rings is 1. The van der Waals surface area contributed by atoms with Gasteiger partial charge in [0.1, 0.15) is 5.75 Å². The van der Waals surface area contributed by atoms with Gasteiger partial charge in [-0.1, -0.05) is 26.3 Å². The molecule has 0 spiro atoms. The Hall–Kier alpha value is -1.55. The Morgan fingerprint density at radius 1 is 1.42 bits per heavy atom. The third-order valence-electron chi connectivity index (χ3n) is 3.53. The monoisotopic (exact) mass is 262 g/mol. The highest BCUT2D eigenvalue weighted by Crippen LogP contribution is 2.34. The molecule has 1 atom stereocenters. The van der Waals surface area contributed by atoms with Gasteiger partial charge in [-0.3, -0.25) is 4.79 Å². The molecule has 0 saturated heterocycles. The van der Waals surface area contributed by atoms with E-state index in [4.69, 9.17) is 10.5 Å². The van der Waals surface area contributed by atoms with Crippen molar-refractivity contribution in [3.05, 3.63) is 23.8 Å². The van der Waals surface area contributed by atoms with Crippen LogP contribution in [0.15, 0.2) is 18.2 Å². The van der Waals surface area contributed by atoms with Crippen molar-refractivity contribution in [1.29, 1.82) is 0 Å². The third-order valence-corrected chi connectivity index (χ3v) is 3.53. The van der Waals surface area contributed by atoms with E-state index < -0.39 is 0 Å². The lowest BCUT2D eigenvalue weighted by Crippen LogP contribution is -2.39. The van der Waals surface area contributed by atoms with Crippen molar-refractivity contribution < 1.29 is 9.53 Å². The second-order valence-corrected chi connectivity index (χ2v) is 4.93. The van der Waals surface area contributed by atoms with Crippen molar-refractivity contribution in [2.75, 3.05) is 18.1 Å². The highest BCUT2D eigenvalue weighted by molar-refractivity contribution is 5.97. The number of hydrogen-bond donors (Lipinski definition) is 1. The van der Waals surface area contributed by atoms with Gasteiger partial charge in [0.15, 0.2) is 6.61 Å². The van der Waals surface area contributed by atoms with Gasteiger partial charge in [-0.05, 0) is 30.5 Å². The van der Waals surface area contributed by atoms with Gasteiger partial charge >= 0.3 is 0 Å². The molecule has 0 aromatic heterocycles. The lowest BCUT2D eigenvalue weighted by Gasteiger charge is -2.30. The standard InChI is InChI=1S/C15H22N2O2/c1-3-5-8-17-13-9-11(12(16)4-2)6-7-14(13)19-10-15(17)18/h6-7,9,12H,3-5,8,10,16H2,1-2H3. The zero-order chi connectivity index (χ0) is 13.8. The minimum atomic E-state index is 0.00959. The topological polar surface area (TPSA) is 55.6 Å². The van der Waals surface area contributed by atoms with Crippen LogP contribution in [0, 0.1) is 0 Å². The molecule has 1 amide bonds. The first-order valence-electron chi connectivity index (χ1n) is 7.00. The van der Waals surface area contributed by atoms with Crippen LogP contribution in [0.2, 0.25) is 0 Å². The summed E-state index contributed by atoms with van der Waals surface area (Å²) in [5.74, 6) is 0.811. The largest absolute Gasteiger partial charge is 0.482 e. The summed E-state index contributed by atoms with van der Waals surface area (Å²) in [6, 6.07) is 5.91. The molecule has 2 rings (SSSR count). The van der Waals surface area contributed by atoms with Gasteiger partial charge in [0.25, 0.3) is 5.91 Å². The first-order chi connectivity index (χ1) is 9.17. The van der Waals surface area contributed by atoms with Crippen LogP contribution in [0.25, 0.3) is 0 Å². The van der Waals surface area contributed by atoms with Crippen molar-refractivity contribution in [3.63, 3.8) is 0 Å². The summed E-state index contributed by atoms with van der Waals surface area (Å²) < 4.78 is 5.48. The minimum absolute atomic E-state index is 0.00959. The zero-order valence-corrected chi connectivity index (χ0v) is 11.7. The Morgan fingerprint density at radius 2 is 2.21 bits per heavy atom. The molecule has 4 heteroatoms. The Morgan fingerprint density at radius 3 is 2.89 bits per heavy atom. The number of fused-ring (bicyclic) bond motifs is 1. The number of carbonyl (C=O) groups excluding carboxylic acids is 1. The van der Waals surface area contributed by atoms with E-state index in [1.807, 2.05) is 23.1 Å². The van der Waals surface area contributed by atoms with Gasteiger partial charge < -0.3 is 15.4 Å². The molecule has 1 aromatic carbocycles. The van der Waals surface area contributed by atoms with Gasteiger partial charge in [0.05, 0.1) is 5.69 Å². The number of carbonyl (C=O) groups is 1. The normalized spacial score (nSPS) is 15.9. The summed E-state index contributed by atoms with van der Waals surface area (Å²) in [6.45, 7) is 5.06. The summed E-state index contributed by atoms with van der Waals surface area (Å²) in [4.78, 5) is 13.8. The van der Waals surface area contributed by atoms with E-state index in [-0.39, 0.29) is 18.6 Å². The smallest absolute Gasteiger partial charge is 0.265 e. The van der Waals surface area contributed by atoms with Crippen LogP contribution in [0.1, 0.15) is 44.7 Å². The molecule has 104 valence electrons. The average molecular weight is 262 g/mol.